The molecule has 0 aliphatic heterocycles. The first-order valence-electron chi connectivity index (χ1n) is 9.51. The molecule has 24 heavy (non-hydrogen) atoms. The van der Waals surface area contributed by atoms with Crippen molar-refractivity contribution < 1.29 is 18.3 Å². The molecule has 142 valence electrons. The summed E-state index contributed by atoms with van der Waals surface area (Å²) in [6.45, 7) is 10.2. The van der Waals surface area contributed by atoms with E-state index in [9.17, 15) is 13.5 Å². The molecule has 5 heteroatoms. The van der Waals surface area contributed by atoms with E-state index < -0.39 is 14.6 Å². The van der Waals surface area contributed by atoms with E-state index in [1.165, 1.54) is 6.42 Å². The van der Waals surface area contributed by atoms with Gasteiger partial charge in [-0.1, -0.05) is 13.3 Å². The molecule has 0 heterocycles. The maximum Gasteiger partial charge on any atom is 0.155 e. The number of fused-ring (bicyclic) bond motifs is 1. The van der Waals surface area contributed by atoms with E-state index in [0.717, 1.165) is 25.7 Å². The monoisotopic (exact) mass is 360 g/mol. The number of hydrogen-bond donors (Lipinski definition) is 1. The van der Waals surface area contributed by atoms with Crippen LogP contribution in [-0.4, -0.2) is 42.8 Å². The Morgan fingerprint density at radius 3 is 2.54 bits per heavy atom. The fraction of sp³-hybridized carbons (Fsp3) is 1.00. The smallest absolute Gasteiger partial charge is 0.155 e. The fourth-order valence-electron chi connectivity index (χ4n) is 4.90. The van der Waals surface area contributed by atoms with E-state index in [-0.39, 0.29) is 23.4 Å². The van der Waals surface area contributed by atoms with Crippen LogP contribution in [0.3, 0.4) is 0 Å². The van der Waals surface area contributed by atoms with Gasteiger partial charge in [-0.15, -0.1) is 0 Å². The zero-order valence-electron chi connectivity index (χ0n) is 16.0. The number of aliphatic hydroxyl groups is 1. The summed E-state index contributed by atoms with van der Waals surface area (Å²) in [5.74, 6) is 1.06. The molecule has 5 atom stereocenters. The predicted octanol–water partition coefficient (Wildman–Crippen LogP) is 3.57. The van der Waals surface area contributed by atoms with Crippen molar-refractivity contribution in [1.82, 2.24) is 0 Å². The molecular formula is C19H36O4S. The van der Waals surface area contributed by atoms with Crippen LogP contribution in [0, 0.1) is 17.3 Å². The lowest BCUT2D eigenvalue weighted by molar-refractivity contribution is -0.0640. The summed E-state index contributed by atoms with van der Waals surface area (Å²) < 4.78 is 29.6. The van der Waals surface area contributed by atoms with Crippen molar-refractivity contribution in [1.29, 1.82) is 0 Å². The average Bonchev–Trinajstić information content (AvgIpc) is 2.81. The zero-order chi connectivity index (χ0) is 18.2. The van der Waals surface area contributed by atoms with Gasteiger partial charge in [-0.25, -0.2) is 8.42 Å². The molecule has 0 amide bonds. The molecular weight excluding hydrogens is 324 g/mol. The summed E-state index contributed by atoms with van der Waals surface area (Å²) in [7, 11) is -3.07. The van der Waals surface area contributed by atoms with Crippen molar-refractivity contribution in [3.8, 4) is 0 Å². The van der Waals surface area contributed by atoms with Crippen LogP contribution >= 0.6 is 0 Å². The molecule has 0 aromatic heterocycles. The van der Waals surface area contributed by atoms with E-state index >= 15 is 0 Å². The van der Waals surface area contributed by atoms with E-state index in [2.05, 4.69) is 13.8 Å². The number of ether oxygens (including phenoxy) is 1. The van der Waals surface area contributed by atoms with Crippen LogP contribution < -0.4 is 0 Å². The molecule has 2 fully saturated rings. The van der Waals surface area contributed by atoms with Crippen molar-refractivity contribution in [3.05, 3.63) is 0 Å². The normalized spacial score (nSPS) is 35.7. The second-order valence-corrected chi connectivity index (χ2v) is 12.0. The summed E-state index contributed by atoms with van der Waals surface area (Å²) in [4.78, 5) is 0. The summed E-state index contributed by atoms with van der Waals surface area (Å²) in [6.07, 6.45) is 5.94. The highest BCUT2D eigenvalue weighted by Crippen LogP contribution is 2.56. The second kappa shape index (κ2) is 7.24. The highest BCUT2D eigenvalue weighted by atomic mass is 32.2. The molecule has 2 aliphatic carbocycles. The lowest BCUT2D eigenvalue weighted by atomic mass is 9.63. The lowest BCUT2D eigenvalue weighted by Gasteiger charge is -2.45. The maximum absolute atomic E-state index is 12.1. The van der Waals surface area contributed by atoms with E-state index in [1.54, 1.807) is 20.8 Å². The molecule has 0 spiro atoms. The molecule has 0 aromatic rings. The van der Waals surface area contributed by atoms with Crippen molar-refractivity contribution in [2.24, 2.45) is 17.3 Å². The predicted molar refractivity (Wildman–Crippen MR) is 97.7 cm³/mol. The van der Waals surface area contributed by atoms with Crippen LogP contribution in [0.5, 0.6) is 0 Å². The number of sulfone groups is 1. The van der Waals surface area contributed by atoms with Crippen molar-refractivity contribution >= 4 is 9.84 Å². The quantitative estimate of drug-likeness (QED) is 0.736. The largest absolute Gasteiger partial charge is 0.393 e. The molecule has 0 bridgehead atoms. The summed E-state index contributed by atoms with van der Waals surface area (Å²) >= 11 is 0. The van der Waals surface area contributed by atoms with E-state index in [0.29, 0.717) is 24.9 Å². The minimum atomic E-state index is -3.07. The van der Waals surface area contributed by atoms with Crippen LogP contribution in [-0.2, 0) is 14.6 Å². The third kappa shape index (κ3) is 3.99. The first-order chi connectivity index (χ1) is 11.0. The van der Waals surface area contributed by atoms with Gasteiger partial charge in [0.05, 0.1) is 22.7 Å². The number of aliphatic hydroxyl groups excluding tert-OH is 1. The van der Waals surface area contributed by atoms with Crippen molar-refractivity contribution in [2.45, 2.75) is 90.1 Å². The zero-order valence-corrected chi connectivity index (χ0v) is 16.9. The Labute approximate surface area is 148 Å². The van der Waals surface area contributed by atoms with Crippen LogP contribution in [0.4, 0.5) is 0 Å². The standard InChI is InChI=1S/C19H36O4S/c1-14(23-12-7-13-24(21,22)18(2,3)4)15-9-10-16-17(20)8-6-11-19(15,16)5/h14-17,20H,6-13H2,1-5H3/t14-,15?,16?,17?,19-/m1/s1. The molecule has 4 nitrogen and oxygen atoms in total. The molecule has 2 saturated carbocycles. The minimum absolute atomic E-state index is 0.127. The lowest BCUT2D eigenvalue weighted by Crippen LogP contribution is -2.43. The molecule has 1 N–H and O–H groups in total. The first kappa shape index (κ1) is 20.2. The van der Waals surface area contributed by atoms with Gasteiger partial charge in [-0.05, 0) is 77.0 Å². The van der Waals surface area contributed by atoms with Gasteiger partial charge in [0.25, 0.3) is 0 Å². The highest BCUT2D eigenvalue weighted by molar-refractivity contribution is 7.92. The first-order valence-corrected chi connectivity index (χ1v) is 11.2. The van der Waals surface area contributed by atoms with Gasteiger partial charge in [0, 0.05) is 6.61 Å². The Balaban J connectivity index is 1.84. The summed E-state index contributed by atoms with van der Waals surface area (Å²) in [6, 6.07) is 0. The maximum atomic E-state index is 12.1. The summed E-state index contributed by atoms with van der Waals surface area (Å²) in [5, 5.41) is 10.3. The minimum Gasteiger partial charge on any atom is -0.393 e. The van der Waals surface area contributed by atoms with Crippen LogP contribution in [0.15, 0.2) is 0 Å². The van der Waals surface area contributed by atoms with Crippen LogP contribution in [0.1, 0.15) is 73.1 Å². The third-order valence-corrected chi connectivity index (χ3v) is 9.29. The Hall–Kier alpha value is -0.130. The Bertz CT molecular complexity index is 522. The van der Waals surface area contributed by atoms with Crippen LogP contribution in [0.25, 0.3) is 0 Å². The van der Waals surface area contributed by atoms with Gasteiger partial charge >= 0.3 is 0 Å². The van der Waals surface area contributed by atoms with Crippen molar-refractivity contribution in [2.75, 3.05) is 12.4 Å². The molecule has 2 rings (SSSR count). The van der Waals surface area contributed by atoms with Crippen molar-refractivity contribution in [3.63, 3.8) is 0 Å². The Morgan fingerprint density at radius 1 is 1.25 bits per heavy atom. The average molecular weight is 361 g/mol. The van der Waals surface area contributed by atoms with Gasteiger partial charge in [-0.2, -0.15) is 0 Å². The number of rotatable bonds is 6. The Kier molecular flexibility index (Phi) is 6.09. The molecule has 0 aromatic carbocycles. The fourth-order valence-corrected chi connectivity index (χ4v) is 6.01. The molecule has 3 unspecified atom stereocenters. The molecule has 0 radical (unpaired) electrons. The third-order valence-electron chi connectivity index (χ3n) is 6.60. The second-order valence-electron chi connectivity index (χ2n) is 9.12. The van der Waals surface area contributed by atoms with Gasteiger partial charge in [0.1, 0.15) is 0 Å². The van der Waals surface area contributed by atoms with E-state index in [4.69, 9.17) is 4.74 Å². The highest BCUT2D eigenvalue weighted by Gasteiger charge is 2.52. The van der Waals surface area contributed by atoms with Crippen LogP contribution in [0.2, 0.25) is 0 Å². The molecule has 2 aliphatic rings. The van der Waals surface area contributed by atoms with Gasteiger partial charge < -0.3 is 9.84 Å². The van der Waals surface area contributed by atoms with Gasteiger partial charge in [0.2, 0.25) is 0 Å². The molecule has 0 saturated heterocycles. The number of hydrogen-bond acceptors (Lipinski definition) is 4. The van der Waals surface area contributed by atoms with E-state index in [1.807, 2.05) is 0 Å². The Morgan fingerprint density at radius 2 is 1.92 bits per heavy atom. The SMILES string of the molecule is C[C@@H](OCCCS(=O)(=O)C(C)(C)C)C1CCC2C(O)CCC[C@@]21C. The topological polar surface area (TPSA) is 63.6 Å². The van der Waals surface area contributed by atoms with Gasteiger partial charge in [0.15, 0.2) is 9.84 Å². The van der Waals surface area contributed by atoms with Gasteiger partial charge in [-0.3, -0.25) is 0 Å². The summed E-state index contributed by atoms with van der Waals surface area (Å²) in [5.41, 5.74) is 0.175.